The quantitative estimate of drug-likeness (QED) is 0.544. The third-order valence-corrected chi connectivity index (χ3v) is 4.29. The maximum atomic E-state index is 12.9. The van der Waals surface area contributed by atoms with Crippen molar-refractivity contribution < 1.29 is 27.8 Å². The Balaban J connectivity index is 1.76. The summed E-state index contributed by atoms with van der Waals surface area (Å²) in [5.41, 5.74) is -1.70. The lowest BCUT2D eigenvalue weighted by Gasteiger charge is -2.26. The second kappa shape index (κ2) is 7.08. The third kappa shape index (κ3) is 3.74. The zero-order valence-electron chi connectivity index (χ0n) is 14.9. The summed E-state index contributed by atoms with van der Waals surface area (Å²) in [5, 5.41) is 13.7. The number of halogens is 3. The first-order chi connectivity index (χ1) is 13.1. The van der Waals surface area contributed by atoms with Crippen LogP contribution in [0.15, 0.2) is 55.1 Å². The van der Waals surface area contributed by atoms with E-state index in [1.54, 1.807) is 25.1 Å². The highest BCUT2D eigenvalue weighted by Gasteiger charge is 2.51. The van der Waals surface area contributed by atoms with Crippen LogP contribution in [-0.4, -0.2) is 32.0 Å². The van der Waals surface area contributed by atoms with E-state index in [1.165, 1.54) is 29.5 Å². The highest BCUT2D eigenvalue weighted by atomic mass is 19.4. The normalized spacial score (nSPS) is 13.8. The molecule has 1 heterocycles. The van der Waals surface area contributed by atoms with E-state index in [1.807, 2.05) is 0 Å². The number of carbonyl (C=O) groups excluding carboxylic acids is 1. The van der Waals surface area contributed by atoms with Crippen LogP contribution in [-0.2, 0) is 5.60 Å². The zero-order chi connectivity index (χ0) is 20.5. The molecule has 9 heteroatoms. The van der Waals surface area contributed by atoms with Crippen molar-refractivity contribution in [2.24, 2.45) is 0 Å². The van der Waals surface area contributed by atoms with E-state index < -0.39 is 17.7 Å². The van der Waals surface area contributed by atoms with Gasteiger partial charge < -0.3 is 9.84 Å². The predicted octanol–water partition coefficient (Wildman–Crippen LogP) is 3.56. The van der Waals surface area contributed by atoms with Gasteiger partial charge in [0.25, 0.3) is 0 Å². The van der Waals surface area contributed by atoms with E-state index in [0.717, 1.165) is 12.1 Å². The molecule has 0 radical (unpaired) electrons. The summed E-state index contributed by atoms with van der Waals surface area (Å²) < 4.78 is 45.4. The van der Waals surface area contributed by atoms with Crippen molar-refractivity contribution in [3.63, 3.8) is 0 Å². The molecule has 0 aliphatic heterocycles. The Kier molecular flexibility index (Phi) is 4.95. The first-order valence-corrected chi connectivity index (χ1v) is 8.17. The fourth-order valence-electron chi connectivity index (χ4n) is 2.53. The average Bonchev–Trinajstić information content (AvgIpc) is 3.15. The molecular formula is C19H16F3N3O3. The minimum absolute atomic E-state index is 0.0616. The third-order valence-electron chi connectivity index (χ3n) is 4.29. The van der Waals surface area contributed by atoms with Gasteiger partial charge in [-0.15, -0.1) is 0 Å². The minimum Gasteiger partial charge on any atom is -0.423 e. The van der Waals surface area contributed by atoms with Crippen molar-refractivity contribution in [1.82, 2.24) is 14.8 Å². The molecule has 0 bridgehead atoms. The summed E-state index contributed by atoms with van der Waals surface area (Å²) in [7, 11) is 0. The molecule has 0 saturated carbocycles. The smallest absolute Gasteiger partial charge is 0.421 e. The number of hydrogen-bond donors (Lipinski definition) is 1. The van der Waals surface area contributed by atoms with Gasteiger partial charge in [-0.3, -0.25) is 0 Å². The number of benzene rings is 2. The van der Waals surface area contributed by atoms with E-state index in [-0.39, 0.29) is 11.3 Å². The van der Waals surface area contributed by atoms with Gasteiger partial charge in [0.15, 0.2) is 5.60 Å². The number of aliphatic hydroxyl groups is 1. The van der Waals surface area contributed by atoms with E-state index in [2.05, 4.69) is 10.1 Å². The molecule has 0 aliphatic carbocycles. The molecule has 0 spiro atoms. The second-order valence-corrected chi connectivity index (χ2v) is 6.32. The van der Waals surface area contributed by atoms with Crippen molar-refractivity contribution in [3.8, 4) is 11.4 Å². The van der Waals surface area contributed by atoms with Gasteiger partial charge in [-0.05, 0) is 55.3 Å². The van der Waals surface area contributed by atoms with Crippen LogP contribution in [0.25, 0.3) is 5.69 Å². The van der Waals surface area contributed by atoms with Crippen LogP contribution in [0.2, 0.25) is 0 Å². The van der Waals surface area contributed by atoms with Crippen molar-refractivity contribution in [2.75, 3.05) is 0 Å². The highest BCUT2D eigenvalue weighted by molar-refractivity contribution is 5.92. The summed E-state index contributed by atoms with van der Waals surface area (Å²) in [6, 6.07) is 9.50. The monoisotopic (exact) mass is 391 g/mol. The molecule has 1 aromatic heterocycles. The summed E-state index contributed by atoms with van der Waals surface area (Å²) >= 11 is 0. The van der Waals surface area contributed by atoms with Gasteiger partial charge in [-0.25, -0.2) is 14.5 Å². The first kappa shape index (κ1) is 19.6. The minimum atomic E-state index is -4.83. The Bertz CT molecular complexity index is 982. The zero-order valence-corrected chi connectivity index (χ0v) is 14.9. The van der Waals surface area contributed by atoms with Gasteiger partial charge in [0.1, 0.15) is 18.4 Å². The van der Waals surface area contributed by atoms with Gasteiger partial charge in [0, 0.05) is 0 Å². The number of esters is 1. The SMILES string of the molecule is Cc1cc(-n2cncn2)ccc1C(=O)Oc1ccc([C@@](C)(O)C(F)(F)F)cc1. The Hall–Kier alpha value is -3.20. The van der Waals surface area contributed by atoms with Gasteiger partial charge in [0.05, 0.1) is 11.3 Å². The molecule has 2 aromatic carbocycles. The lowest BCUT2D eigenvalue weighted by molar-refractivity contribution is -0.258. The van der Waals surface area contributed by atoms with E-state index >= 15 is 0 Å². The molecule has 6 nitrogen and oxygen atoms in total. The van der Waals surface area contributed by atoms with Gasteiger partial charge in [-0.1, -0.05) is 12.1 Å². The van der Waals surface area contributed by atoms with Crippen molar-refractivity contribution in [3.05, 3.63) is 71.8 Å². The van der Waals surface area contributed by atoms with Crippen LogP contribution in [0.4, 0.5) is 13.2 Å². The lowest BCUT2D eigenvalue weighted by Crippen LogP contribution is -2.39. The molecular weight excluding hydrogens is 375 g/mol. The highest BCUT2D eigenvalue weighted by Crippen LogP contribution is 2.38. The molecule has 1 atom stereocenters. The number of hydrogen-bond acceptors (Lipinski definition) is 5. The number of aryl methyl sites for hydroxylation is 1. The van der Waals surface area contributed by atoms with Crippen molar-refractivity contribution in [1.29, 1.82) is 0 Å². The van der Waals surface area contributed by atoms with E-state index in [9.17, 15) is 23.1 Å². The number of aromatic nitrogens is 3. The molecule has 0 saturated heterocycles. The van der Waals surface area contributed by atoms with Gasteiger partial charge in [0.2, 0.25) is 0 Å². The number of rotatable bonds is 4. The number of alkyl halides is 3. The molecule has 0 fully saturated rings. The fraction of sp³-hybridized carbons (Fsp3) is 0.211. The standard InChI is InChI=1S/C19H16F3N3O3/c1-12-9-14(25-11-23-10-24-25)5-8-16(12)17(26)28-15-6-3-13(4-7-15)18(2,27)19(20,21)22/h3-11,27H,1-2H3/t18-/m1/s1. The number of ether oxygens (including phenoxy) is 1. The van der Waals surface area contributed by atoms with Gasteiger partial charge in [-0.2, -0.15) is 18.3 Å². The topological polar surface area (TPSA) is 77.2 Å². The fourth-order valence-corrected chi connectivity index (χ4v) is 2.53. The molecule has 0 amide bonds. The lowest BCUT2D eigenvalue weighted by atomic mass is 9.95. The Morgan fingerprint density at radius 1 is 1.14 bits per heavy atom. The van der Waals surface area contributed by atoms with Crippen LogP contribution >= 0.6 is 0 Å². The van der Waals surface area contributed by atoms with E-state index in [4.69, 9.17) is 4.74 Å². The van der Waals surface area contributed by atoms with Crippen LogP contribution in [0.3, 0.4) is 0 Å². The average molecular weight is 391 g/mol. The Morgan fingerprint density at radius 2 is 1.82 bits per heavy atom. The molecule has 3 aromatic rings. The molecule has 1 N–H and O–H groups in total. The van der Waals surface area contributed by atoms with E-state index in [0.29, 0.717) is 23.7 Å². The van der Waals surface area contributed by atoms with Crippen molar-refractivity contribution >= 4 is 5.97 Å². The first-order valence-electron chi connectivity index (χ1n) is 8.17. The van der Waals surface area contributed by atoms with Crippen molar-refractivity contribution in [2.45, 2.75) is 25.6 Å². The van der Waals surface area contributed by atoms with Crippen LogP contribution < -0.4 is 4.74 Å². The van der Waals surface area contributed by atoms with Crippen LogP contribution in [0.1, 0.15) is 28.4 Å². The second-order valence-electron chi connectivity index (χ2n) is 6.32. The molecule has 146 valence electrons. The molecule has 3 rings (SSSR count). The van der Waals surface area contributed by atoms with Crippen LogP contribution in [0.5, 0.6) is 5.75 Å². The number of nitrogens with zero attached hydrogens (tertiary/aromatic N) is 3. The molecule has 0 aliphatic rings. The maximum absolute atomic E-state index is 12.9. The Labute approximate surface area is 158 Å². The van der Waals surface area contributed by atoms with Crippen LogP contribution in [0, 0.1) is 6.92 Å². The maximum Gasteiger partial charge on any atom is 0.421 e. The molecule has 28 heavy (non-hydrogen) atoms. The van der Waals surface area contributed by atoms with Gasteiger partial charge >= 0.3 is 12.1 Å². The molecule has 0 unspecified atom stereocenters. The summed E-state index contributed by atoms with van der Waals surface area (Å²) in [6.45, 7) is 2.38. The largest absolute Gasteiger partial charge is 0.423 e. The predicted molar refractivity (Wildman–Crippen MR) is 93.1 cm³/mol. The summed E-state index contributed by atoms with van der Waals surface area (Å²) in [4.78, 5) is 16.2. The summed E-state index contributed by atoms with van der Waals surface area (Å²) in [6.07, 6.45) is -1.92. The number of carbonyl (C=O) groups is 1. The Morgan fingerprint density at radius 3 is 2.36 bits per heavy atom. The summed E-state index contributed by atoms with van der Waals surface area (Å²) in [5.74, 6) is -0.593.